The highest BCUT2D eigenvalue weighted by Gasteiger charge is 2.26. The third-order valence-corrected chi connectivity index (χ3v) is 2.86. The van der Waals surface area contributed by atoms with Crippen LogP contribution in [0.4, 0.5) is 0 Å². The summed E-state index contributed by atoms with van der Waals surface area (Å²) < 4.78 is 5.07. The zero-order chi connectivity index (χ0) is 13.2. The fourth-order valence-electron chi connectivity index (χ4n) is 1.77. The Labute approximate surface area is 101 Å². The van der Waals surface area contributed by atoms with Gasteiger partial charge < -0.3 is 14.9 Å². The number of hydrogen-bond acceptors (Lipinski definition) is 3. The lowest BCUT2D eigenvalue weighted by Crippen LogP contribution is -2.21. The van der Waals surface area contributed by atoms with Gasteiger partial charge in [-0.15, -0.1) is 0 Å². The van der Waals surface area contributed by atoms with Gasteiger partial charge in [0.1, 0.15) is 0 Å². The molecule has 0 fully saturated rings. The van der Waals surface area contributed by atoms with Crippen molar-refractivity contribution >= 4 is 5.97 Å². The summed E-state index contributed by atoms with van der Waals surface area (Å²) in [6.45, 7) is 5.47. The normalized spacial score (nSPS) is 11.3. The summed E-state index contributed by atoms with van der Waals surface area (Å²) >= 11 is 0. The average Bonchev–Trinajstić information content (AvgIpc) is 2.19. The van der Waals surface area contributed by atoms with Crippen LogP contribution in [0.5, 0.6) is 11.5 Å². The zero-order valence-corrected chi connectivity index (χ0v) is 10.6. The minimum absolute atomic E-state index is 0.0281. The minimum atomic E-state index is -0.848. The van der Waals surface area contributed by atoms with Crippen molar-refractivity contribution in [3.8, 4) is 11.5 Å². The highest BCUT2D eigenvalue weighted by molar-refractivity contribution is 5.69. The molecule has 0 bridgehead atoms. The first kappa shape index (κ1) is 13.4. The summed E-state index contributed by atoms with van der Waals surface area (Å²) in [5, 5.41) is 18.6. The van der Waals surface area contributed by atoms with Crippen molar-refractivity contribution in [2.24, 2.45) is 0 Å². The second-order valence-corrected chi connectivity index (χ2v) is 4.80. The fraction of sp³-hybridized carbons (Fsp3) is 0.462. The van der Waals surface area contributed by atoms with Gasteiger partial charge in [0.25, 0.3) is 0 Å². The van der Waals surface area contributed by atoms with Crippen LogP contribution in [0.25, 0.3) is 0 Å². The van der Waals surface area contributed by atoms with Crippen LogP contribution in [0.1, 0.15) is 31.4 Å². The van der Waals surface area contributed by atoms with Crippen molar-refractivity contribution in [2.75, 3.05) is 7.11 Å². The van der Waals surface area contributed by atoms with E-state index in [4.69, 9.17) is 9.84 Å². The Kier molecular flexibility index (Phi) is 3.66. The quantitative estimate of drug-likeness (QED) is 0.845. The van der Waals surface area contributed by atoms with E-state index >= 15 is 0 Å². The van der Waals surface area contributed by atoms with Gasteiger partial charge in [0.2, 0.25) is 0 Å². The van der Waals surface area contributed by atoms with Crippen molar-refractivity contribution in [3.05, 3.63) is 23.3 Å². The molecular formula is C13H18O4. The van der Waals surface area contributed by atoms with Gasteiger partial charge in [-0.2, -0.15) is 0 Å². The van der Waals surface area contributed by atoms with Crippen LogP contribution in [0.15, 0.2) is 12.1 Å². The maximum atomic E-state index is 10.8. The number of carboxylic acid groups (broad SMARTS) is 1. The van der Waals surface area contributed by atoms with Gasteiger partial charge in [-0.05, 0) is 24.1 Å². The zero-order valence-electron chi connectivity index (χ0n) is 10.6. The average molecular weight is 238 g/mol. The molecule has 0 saturated heterocycles. The number of rotatable bonds is 4. The number of carboxylic acids is 1. The van der Waals surface area contributed by atoms with Crippen molar-refractivity contribution < 1.29 is 19.7 Å². The van der Waals surface area contributed by atoms with E-state index in [1.54, 1.807) is 19.1 Å². The van der Waals surface area contributed by atoms with Gasteiger partial charge in [0.05, 0.1) is 13.5 Å². The molecule has 0 saturated carbocycles. The first-order valence-electron chi connectivity index (χ1n) is 5.38. The number of benzene rings is 1. The van der Waals surface area contributed by atoms with E-state index in [1.807, 2.05) is 13.8 Å². The standard InChI is InChI=1S/C13H18O4/c1-8-5-9(6-10(17-4)12(8)16)13(2,3)7-11(14)15/h5-6,16H,7H2,1-4H3,(H,14,15). The molecule has 4 heteroatoms. The maximum Gasteiger partial charge on any atom is 0.304 e. The predicted molar refractivity (Wildman–Crippen MR) is 64.7 cm³/mol. The Hall–Kier alpha value is -1.71. The first-order valence-corrected chi connectivity index (χ1v) is 5.38. The van der Waals surface area contributed by atoms with Crippen LogP contribution in [0, 0.1) is 6.92 Å². The van der Waals surface area contributed by atoms with Crippen LogP contribution in [0.3, 0.4) is 0 Å². The minimum Gasteiger partial charge on any atom is -0.504 e. The maximum absolute atomic E-state index is 10.8. The number of aromatic hydroxyl groups is 1. The smallest absolute Gasteiger partial charge is 0.304 e. The molecular weight excluding hydrogens is 220 g/mol. The molecule has 0 heterocycles. The summed E-state index contributed by atoms with van der Waals surface area (Å²) in [5.41, 5.74) is 1.02. The number of phenolic OH excluding ortho intramolecular Hbond substituents is 1. The molecule has 0 spiro atoms. The number of ether oxygens (including phenoxy) is 1. The molecule has 94 valence electrons. The number of aryl methyl sites for hydroxylation is 1. The van der Waals surface area contributed by atoms with Crippen LogP contribution >= 0.6 is 0 Å². The lowest BCUT2D eigenvalue weighted by molar-refractivity contribution is -0.138. The van der Waals surface area contributed by atoms with E-state index in [2.05, 4.69) is 0 Å². The largest absolute Gasteiger partial charge is 0.504 e. The van der Waals surface area contributed by atoms with Crippen LogP contribution in [-0.2, 0) is 10.2 Å². The monoisotopic (exact) mass is 238 g/mol. The van der Waals surface area contributed by atoms with Crippen molar-refractivity contribution in [2.45, 2.75) is 32.6 Å². The molecule has 0 aliphatic heterocycles. The Balaban J connectivity index is 3.22. The lowest BCUT2D eigenvalue weighted by atomic mass is 9.81. The van der Waals surface area contributed by atoms with E-state index < -0.39 is 11.4 Å². The van der Waals surface area contributed by atoms with Gasteiger partial charge in [-0.1, -0.05) is 19.9 Å². The molecule has 1 rings (SSSR count). The molecule has 0 aliphatic rings. The topological polar surface area (TPSA) is 66.8 Å². The summed E-state index contributed by atoms with van der Waals surface area (Å²) in [6.07, 6.45) is 0.0281. The molecule has 0 atom stereocenters. The van der Waals surface area contributed by atoms with Crippen LogP contribution in [-0.4, -0.2) is 23.3 Å². The highest BCUT2D eigenvalue weighted by Crippen LogP contribution is 2.36. The number of carbonyl (C=O) groups is 1. The molecule has 1 aromatic rings. The van der Waals surface area contributed by atoms with E-state index in [-0.39, 0.29) is 12.2 Å². The third kappa shape index (κ3) is 2.90. The second kappa shape index (κ2) is 4.65. The Bertz CT molecular complexity index is 435. The lowest BCUT2D eigenvalue weighted by Gasteiger charge is -2.24. The number of hydrogen-bond donors (Lipinski definition) is 2. The molecule has 0 radical (unpaired) electrons. The molecule has 2 N–H and O–H groups in total. The van der Waals surface area contributed by atoms with E-state index in [9.17, 15) is 9.90 Å². The van der Waals surface area contributed by atoms with Crippen molar-refractivity contribution in [3.63, 3.8) is 0 Å². The van der Waals surface area contributed by atoms with Gasteiger partial charge in [-0.25, -0.2) is 0 Å². The fourth-order valence-corrected chi connectivity index (χ4v) is 1.77. The van der Waals surface area contributed by atoms with E-state index in [1.165, 1.54) is 7.11 Å². The number of methoxy groups -OCH3 is 1. The molecule has 1 aromatic carbocycles. The van der Waals surface area contributed by atoms with Gasteiger partial charge in [0, 0.05) is 5.41 Å². The molecule has 0 aliphatic carbocycles. The summed E-state index contributed by atoms with van der Waals surface area (Å²) in [5.74, 6) is -0.375. The van der Waals surface area contributed by atoms with Gasteiger partial charge in [-0.3, -0.25) is 4.79 Å². The number of aliphatic carboxylic acids is 1. The highest BCUT2D eigenvalue weighted by atomic mass is 16.5. The first-order chi connectivity index (χ1) is 7.77. The van der Waals surface area contributed by atoms with Gasteiger partial charge >= 0.3 is 5.97 Å². The molecule has 4 nitrogen and oxygen atoms in total. The molecule has 0 unspecified atom stereocenters. The third-order valence-electron chi connectivity index (χ3n) is 2.86. The van der Waals surface area contributed by atoms with Crippen LogP contribution < -0.4 is 4.74 Å². The number of phenols is 1. The Morgan fingerprint density at radius 2 is 2.00 bits per heavy atom. The molecule has 17 heavy (non-hydrogen) atoms. The van der Waals surface area contributed by atoms with Crippen molar-refractivity contribution in [1.82, 2.24) is 0 Å². The summed E-state index contributed by atoms with van der Waals surface area (Å²) in [7, 11) is 1.47. The van der Waals surface area contributed by atoms with E-state index in [0.717, 1.165) is 5.56 Å². The second-order valence-electron chi connectivity index (χ2n) is 4.80. The summed E-state index contributed by atoms with van der Waals surface area (Å²) in [6, 6.07) is 3.48. The van der Waals surface area contributed by atoms with Crippen LogP contribution in [0.2, 0.25) is 0 Å². The summed E-state index contributed by atoms with van der Waals surface area (Å²) in [4.78, 5) is 10.8. The Morgan fingerprint density at radius 1 is 1.41 bits per heavy atom. The van der Waals surface area contributed by atoms with E-state index in [0.29, 0.717) is 11.3 Å². The predicted octanol–water partition coefficient (Wildman–Crippen LogP) is 2.46. The van der Waals surface area contributed by atoms with Gasteiger partial charge in [0.15, 0.2) is 11.5 Å². The van der Waals surface area contributed by atoms with Crippen molar-refractivity contribution in [1.29, 1.82) is 0 Å². The molecule has 0 aromatic heterocycles. The SMILES string of the molecule is COc1cc(C(C)(C)CC(=O)O)cc(C)c1O. The Morgan fingerprint density at radius 3 is 2.47 bits per heavy atom. The molecule has 0 amide bonds.